The van der Waals surface area contributed by atoms with Gasteiger partial charge in [-0.15, -0.1) is 0 Å². The highest BCUT2D eigenvalue weighted by molar-refractivity contribution is 5.31. The third kappa shape index (κ3) is 3.35. The molecule has 0 heterocycles. The highest BCUT2D eigenvalue weighted by atomic mass is 14.9. The lowest BCUT2D eigenvalue weighted by Gasteiger charge is -2.32. The summed E-state index contributed by atoms with van der Waals surface area (Å²) in [6.07, 6.45) is 6.83. The van der Waals surface area contributed by atoms with E-state index in [-0.39, 0.29) is 0 Å². The summed E-state index contributed by atoms with van der Waals surface area (Å²) in [7, 11) is 0. The molecule has 1 aliphatic carbocycles. The first-order valence-electron chi connectivity index (χ1n) is 7.50. The zero-order valence-electron chi connectivity index (χ0n) is 12.1. The Hall–Kier alpha value is -0.820. The van der Waals surface area contributed by atoms with Crippen LogP contribution in [0.4, 0.5) is 0 Å². The molecule has 2 rings (SSSR count). The van der Waals surface area contributed by atoms with Gasteiger partial charge in [-0.1, -0.05) is 43.5 Å². The molecule has 2 atom stereocenters. The molecule has 1 aliphatic rings. The Morgan fingerprint density at radius 1 is 1.17 bits per heavy atom. The van der Waals surface area contributed by atoms with Crippen LogP contribution in [0, 0.1) is 19.8 Å². The van der Waals surface area contributed by atoms with Crippen molar-refractivity contribution in [3.05, 3.63) is 34.9 Å². The lowest BCUT2D eigenvalue weighted by Crippen LogP contribution is -2.39. The summed E-state index contributed by atoms with van der Waals surface area (Å²) in [5.41, 5.74) is 4.41. The average molecular weight is 245 g/mol. The van der Waals surface area contributed by atoms with Crippen molar-refractivity contribution in [1.82, 2.24) is 5.32 Å². The fourth-order valence-electron chi connectivity index (χ4n) is 3.29. The summed E-state index contributed by atoms with van der Waals surface area (Å²) in [4.78, 5) is 0. The van der Waals surface area contributed by atoms with Crippen LogP contribution in [0.2, 0.25) is 0 Å². The Bertz CT molecular complexity index is 381. The number of nitrogens with one attached hydrogen (secondary N) is 1. The Morgan fingerprint density at radius 3 is 2.72 bits per heavy atom. The first-order valence-corrected chi connectivity index (χ1v) is 7.50. The summed E-state index contributed by atoms with van der Waals surface area (Å²) in [6, 6.07) is 7.62. The molecule has 1 N–H and O–H groups in total. The van der Waals surface area contributed by atoms with Crippen LogP contribution in [-0.2, 0) is 6.42 Å². The van der Waals surface area contributed by atoms with Gasteiger partial charge in [0.15, 0.2) is 0 Å². The van der Waals surface area contributed by atoms with Gasteiger partial charge in [-0.25, -0.2) is 0 Å². The maximum absolute atomic E-state index is 3.69. The lowest BCUT2D eigenvalue weighted by atomic mass is 9.80. The summed E-state index contributed by atoms with van der Waals surface area (Å²) in [6.45, 7) is 7.78. The predicted molar refractivity (Wildman–Crippen MR) is 79.0 cm³/mol. The van der Waals surface area contributed by atoms with E-state index < -0.39 is 0 Å². The molecule has 0 amide bonds. The van der Waals surface area contributed by atoms with Gasteiger partial charge >= 0.3 is 0 Å². The largest absolute Gasteiger partial charge is 0.314 e. The van der Waals surface area contributed by atoms with Crippen LogP contribution < -0.4 is 5.32 Å². The first-order chi connectivity index (χ1) is 8.70. The number of hydrogen-bond donors (Lipinski definition) is 1. The van der Waals surface area contributed by atoms with E-state index in [0.717, 1.165) is 18.5 Å². The molecule has 18 heavy (non-hydrogen) atoms. The Balaban J connectivity index is 2.08. The highest BCUT2D eigenvalue weighted by Gasteiger charge is 2.24. The fourth-order valence-corrected chi connectivity index (χ4v) is 3.29. The van der Waals surface area contributed by atoms with Gasteiger partial charge in [0.2, 0.25) is 0 Å². The zero-order chi connectivity index (χ0) is 13.0. The molecule has 1 fully saturated rings. The van der Waals surface area contributed by atoms with Gasteiger partial charge in [-0.2, -0.15) is 0 Å². The molecular weight excluding hydrogens is 218 g/mol. The first kappa shape index (κ1) is 13.6. The monoisotopic (exact) mass is 245 g/mol. The van der Waals surface area contributed by atoms with Crippen LogP contribution in [0.15, 0.2) is 18.2 Å². The Labute approximate surface area is 112 Å². The number of aryl methyl sites for hydroxylation is 2. The molecule has 2 unspecified atom stereocenters. The van der Waals surface area contributed by atoms with Crippen molar-refractivity contribution in [2.75, 3.05) is 6.54 Å². The minimum Gasteiger partial charge on any atom is -0.314 e. The van der Waals surface area contributed by atoms with Gasteiger partial charge in [0, 0.05) is 6.04 Å². The molecule has 1 aromatic rings. The van der Waals surface area contributed by atoms with Crippen LogP contribution >= 0.6 is 0 Å². The normalized spacial score (nSPS) is 24.2. The van der Waals surface area contributed by atoms with Gasteiger partial charge in [0.1, 0.15) is 0 Å². The second-order valence-corrected chi connectivity index (χ2v) is 5.84. The molecule has 0 aromatic heterocycles. The van der Waals surface area contributed by atoms with Crippen molar-refractivity contribution in [3.63, 3.8) is 0 Å². The van der Waals surface area contributed by atoms with Crippen molar-refractivity contribution < 1.29 is 0 Å². The van der Waals surface area contributed by atoms with Crippen LogP contribution in [0.5, 0.6) is 0 Å². The lowest BCUT2D eigenvalue weighted by molar-refractivity contribution is 0.264. The molecular formula is C17H27N. The number of benzene rings is 1. The van der Waals surface area contributed by atoms with E-state index in [9.17, 15) is 0 Å². The van der Waals surface area contributed by atoms with Crippen LogP contribution in [0.25, 0.3) is 0 Å². The predicted octanol–water partition coefficient (Wildman–Crippen LogP) is 4.01. The van der Waals surface area contributed by atoms with E-state index in [1.807, 2.05) is 0 Å². The summed E-state index contributed by atoms with van der Waals surface area (Å²) >= 11 is 0. The fraction of sp³-hybridized carbons (Fsp3) is 0.647. The van der Waals surface area contributed by atoms with Gasteiger partial charge in [-0.05, 0) is 56.7 Å². The minimum absolute atomic E-state index is 0.740. The van der Waals surface area contributed by atoms with Crippen LogP contribution in [0.1, 0.15) is 49.3 Å². The van der Waals surface area contributed by atoms with E-state index in [1.54, 1.807) is 5.56 Å². The Morgan fingerprint density at radius 2 is 1.94 bits per heavy atom. The van der Waals surface area contributed by atoms with Crippen molar-refractivity contribution in [2.45, 2.75) is 58.9 Å². The second kappa shape index (κ2) is 6.38. The van der Waals surface area contributed by atoms with Gasteiger partial charge in [-0.3, -0.25) is 0 Å². The van der Waals surface area contributed by atoms with Crippen LogP contribution in [-0.4, -0.2) is 12.6 Å². The van der Waals surface area contributed by atoms with E-state index in [0.29, 0.717) is 0 Å². The molecule has 0 bridgehead atoms. The summed E-state index contributed by atoms with van der Waals surface area (Å²) < 4.78 is 0. The van der Waals surface area contributed by atoms with Gasteiger partial charge < -0.3 is 5.32 Å². The molecule has 1 saturated carbocycles. The maximum Gasteiger partial charge on any atom is 0.00983 e. The topological polar surface area (TPSA) is 12.0 Å². The standard InChI is InChI=1S/C17H27N/c1-4-18-17-8-6-5-7-15(17)12-16-11-13(2)9-10-14(16)3/h9-11,15,17-18H,4-8,12H2,1-3H3. The quantitative estimate of drug-likeness (QED) is 0.845. The average Bonchev–Trinajstić information content (AvgIpc) is 2.36. The van der Waals surface area contributed by atoms with E-state index in [1.165, 1.54) is 43.2 Å². The maximum atomic E-state index is 3.69. The molecule has 1 aromatic carbocycles. The zero-order valence-corrected chi connectivity index (χ0v) is 12.1. The highest BCUT2D eigenvalue weighted by Crippen LogP contribution is 2.28. The molecule has 1 heteroatoms. The molecule has 0 aliphatic heterocycles. The van der Waals surface area contributed by atoms with Crippen LogP contribution in [0.3, 0.4) is 0 Å². The molecule has 1 nitrogen and oxygen atoms in total. The Kier molecular flexibility index (Phi) is 4.82. The van der Waals surface area contributed by atoms with Crippen molar-refractivity contribution in [2.24, 2.45) is 5.92 Å². The summed E-state index contributed by atoms with van der Waals surface area (Å²) in [5.74, 6) is 0.833. The third-order valence-electron chi connectivity index (χ3n) is 4.36. The second-order valence-electron chi connectivity index (χ2n) is 5.84. The molecule has 0 spiro atoms. The van der Waals surface area contributed by atoms with Crippen molar-refractivity contribution >= 4 is 0 Å². The molecule has 100 valence electrons. The van der Waals surface area contributed by atoms with Gasteiger partial charge in [0.25, 0.3) is 0 Å². The van der Waals surface area contributed by atoms with Gasteiger partial charge in [0.05, 0.1) is 0 Å². The third-order valence-corrected chi connectivity index (χ3v) is 4.36. The number of rotatable bonds is 4. The SMILES string of the molecule is CCNC1CCCCC1Cc1cc(C)ccc1C. The molecule has 0 saturated heterocycles. The minimum atomic E-state index is 0.740. The smallest absolute Gasteiger partial charge is 0.00983 e. The number of hydrogen-bond acceptors (Lipinski definition) is 1. The van der Waals surface area contributed by atoms with E-state index >= 15 is 0 Å². The summed E-state index contributed by atoms with van der Waals surface area (Å²) in [5, 5.41) is 3.69. The van der Waals surface area contributed by atoms with Crippen molar-refractivity contribution in [1.29, 1.82) is 0 Å². The van der Waals surface area contributed by atoms with E-state index in [2.05, 4.69) is 44.3 Å². The van der Waals surface area contributed by atoms with E-state index in [4.69, 9.17) is 0 Å². The molecule has 0 radical (unpaired) electrons. The van der Waals surface area contributed by atoms with Crippen molar-refractivity contribution in [3.8, 4) is 0 Å².